The molecule has 1 N–H and O–H groups in total. The van der Waals surface area contributed by atoms with Crippen molar-refractivity contribution in [3.63, 3.8) is 0 Å². The summed E-state index contributed by atoms with van der Waals surface area (Å²) in [7, 11) is -4.00. The third kappa shape index (κ3) is 8.72. The Labute approximate surface area is 241 Å². The quantitative estimate of drug-likeness (QED) is 0.303. The van der Waals surface area contributed by atoms with Crippen molar-refractivity contribution < 1.29 is 27.2 Å². The first-order valence-electron chi connectivity index (χ1n) is 13.4. The Hall–Kier alpha value is -4.05. The van der Waals surface area contributed by atoms with E-state index in [1.165, 1.54) is 48.2 Å². The topological polar surface area (TPSA) is 104 Å². The maximum Gasteiger partial charge on any atom is 0.244 e. The fourth-order valence-corrected chi connectivity index (χ4v) is 5.14. The van der Waals surface area contributed by atoms with Crippen molar-refractivity contribution >= 4 is 33.3 Å². The van der Waals surface area contributed by atoms with Crippen LogP contribution in [0.2, 0.25) is 0 Å². The summed E-state index contributed by atoms with van der Waals surface area (Å²) in [6, 6.07) is 19.8. The third-order valence-corrected chi connectivity index (χ3v) is 7.93. The van der Waals surface area contributed by atoms with E-state index in [1.807, 2.05) is 44.2 Å². The molecule has 3 rings (SSSR count). The minimum atomic E-state index is -4.00. The number of ketones is 1. The second-order valence-electron chi connectivity index (χ2n) is 10.0. The number of nitrogens with zero attached hydrogens (tertiary/aromatic N) is 2. The second kappa shape index (κ2) is 14.0. The van der Waals surface area contributed by atoms with Crippen LogP contribution in [0.1, 0.15) is 48.7 Å². The van der Waals surface area contributed by atoms with Gasteiger partial charge in [0.15, 0.2) is 5.78 Å². The molecule has 0 saturated heterocycles. The van der Waals surface area contributed by atoms with Crippen molar-refractivity contribution in [1.29, 1.82) is 0 Å². The zero-order valence-electron chi connectivity index (χ0n) is 23.7. The number of rotatable bonds is 13. The lowest BCUT2D eigenvalue weighted by molar-refractivity contribution is -0.140. The van der Waals surface area contributed by atoms with Gasteiger partial charge in [-0.05, 0) is 44.0 Å². The molecular formula is C31H36FN3O5S. The number of sulfonamides is 1. The summed E-state index contributed by atoms with van der Waals surface area (Å²) in [4.78, 5) is 40.9. The van der Waals surface area contributed by atoms with Gasteiger partial charge in [-0.2, -0.15) is 0 Å². The van der Waals surface area contributed by atoms with Crippen LogP contribution in [-0.2, 0) is 32.6 Å². The van der Waals surface area contributed by atoms with E-state index < -0.39 is 40.2 Å². The first kappa shape index (κ1) is 31.5. The minimum Gasteiger partial charge on any atom is -0.352 e. The first-order valence-corrected chi connectivity index (χ1v) is 15.2. The second-order valence-corrected chi connectivity index (χ2v) is 11.9. The van der Waals surface area contributed by atoms with Gasteiger partial charge < -0.3 is 10.2 Å². The van der Waals surface area contributed by atoms with Crippen LogP contribution in [0.3, 0.4) is 0 Å². The van der Waals surface area contributed by atoms with Crippen molar-refractivity contribution in [3.8, 4) is 0 Å². The van der Waals surface area contributed by atoms with Crippen LogP contribution in [0.5, 0.6) is 0 Å². The van der Waals surface area contributed by atoms with E-state index in [0.717, 1.165) is 16.1 Å². The molecule has 3 aromatic carbocycles. The summed E-state index contributed by atoms with van der Waals surface area (Å²) in [6.45, 7) is 4.19. The Bertz CT molecular complexity index is 1480. The number of benzene rings is 3. The van der Waals surface area contributed by atoms with E-state index in [2.05, 4.69) is 5.32 Å². The predicted octanol–water partition coefficient (Wildman–Crippen LogP) is 4.35. The molecule has 0 aliphatic rings. The van der Waals surface area contributed by atoms with Crippen LogP contribution in [0.15, 0.2) is 78.9 Å². The van der Waals surface area contributed by atoms with Gasteiger partial charge >= 0.3 is 0 Å². The molecule has 3 aromatic rings. The summed E-state index contributed by atoms with van der Waals surface area (Å²) >= 11 is 0. The van der Waals surface area contributed by atoms with E-state index in [1.54, 1.807) is 12.1 Å². The van der Waals surface area contributed by atoms with Crippen molar-refractivity contribution in [3.05, 3.63) is 101 Å². The molecule has 0 aliphatic heterocycles. The number of halogens is 1. The summed E-state index contributed by atoms with van der Waals surface area (Å²) in [5.74, 6) is -1.96. The number of hydrogen-bond acceptors (Lipinski definition) is 5. The molecule has 41 heavy (non-hydrogen) atoms. The van der Waals surface area contributed by atoms with Crippen LogP contribution in [0, 0.1) is 5.82 Å². The third-order valence-electron chi connectivity index (χ3n) is 6.79. The van der Waals surface area contributed by atoms with Crippen LogP contribution < -0.4 is 9.62 Å². The Morgan fingerprint density at radius 1 is 0.951 bits per heavy atom. The fraction of sp³-hybridized carbons (Fsp3) is 0.323. The summed E-state index contributed by atoms with van der Waals surface area (Å²) < 4.78 is 41.5. The van der Waals surface area contributed by atoms with Crippen LogP contribution in [0.25, 0.3) is 0 Å². The highest BCUT2D eigenvalue weighted by atomic mass is 32.2. The first-order chi connectivity index (χ1) is 19.4. The molecule has 2 amide bonds. The van der Waals surface area contributed by atoms with Crippen molar-refractivity contribution in [2.75, 3.05) is 17.1 Å². The van der Waals surface area contributed by atoms with Gasteiger partial charge in [0.05, 0.1) is 11.9 Å². The van der Waals surface area contributed by atoms with E-state index in [-0.39, 0.29) is 41.6 Å². The van der Waals surface area contributed by atoms with Crippen LogP contribution in [0.4, 0.5) is 10.1 Å². The summed E-state index contributed by atoms with van der Waals surface area (Å²) in [5, 5.41) is 2.92. The molecule has 0 fully saturated rings. The lowest BCUT2D eigenvalue weighted by Crippen LogP contribution is -2.54. The van der Waals surface area contributed by atoms with E-state index in [0.29, 0.717) is 6.42 Å². The van der Waals surface area contributed by atoms with Gasteiger partial charge in [0.1, 0.15) is 18.4 Å². The Morgan fingerprint density at radius 3 is 2.22 bits per heavy atom. The van der Waals surface area contributed by atoms with E-state index in [9.17, 15) is 27.2 Å². The SMILES string of the molecule is CC[C@H](C)NC(=O)[C@@H](Cc1ccccc1)N(Cc1ccccc1F)C(=O)CN(c1cccc(C(C)=O)c1)S(C)(=O)=O. The number of amides is 2. The van der Waals surface area contributed by atoms with Gasteiger partial charge in [0.2, 0.25) is 21.8 Å². The Morgan fingerprint density at radius 2 is 1.61 bits per heavy atom. The smallest absolute Gasteiger partial charge is 0.244 e. The number of carbonyl (C=O) groups excluding carboxylic acids is 3. The predicted molar refractivity (Wildman–Crippen MR) is 157 cm³/mol. The largest absolute Gasteiger partial charge is 0.352 e. The molecule has 0 unspecified atom stereocenters. The van der Waals surface area contributed by atoms with Gasteiger partial charge in [-0.3, -0.25) is 18.7 Å². The maximum absolute atomic E-state index is 14.8. The molecule has 218 valence electrons. The molecule has 0 heterocycles. The van der Waals surface area contributed by atoms with Crippen molar-refractivity contribution in [1.82, 2.24) is 10.2 Å². The molecule has 0 saturated carbocycles. The van der Waals surface area contributed by atoms with Gasteiger partial charge in [-0.15, -0.1) is 0 Å². The van der Waals surface area contributed by atoms with Crippen molar-refractivity contribution in [2.24, 2.45) is 0 Å². The number of carbonyl (C=O) groups is 3. The highest BCUT2D eigenvalue weighted by molar-refractivity contribution is 7.92. The highest BCUT2D eigenvalue weighted by Gasteiger charge is 2.34. The molecular weight excluding hydrogens is 545 g/mol. The average molecular weight is 582 g/mol. The Balaban J connectivity index is 2.09. The standard InChI is InChI=1S/C31H36FN3O5S/c1-5-22(2)33-31(38)29(18-24-12-7-6-8-13-24)34(20-26-14-9-10-17-28(26)32)30(37)21-35(41(4,39)40)27-16-11-15-25(19-27)23(3)36/h6-17,19,22,29H,5,18,20-21H2,1-4H3,(H,33,38)/t22-,29+/m0/s1. The molecule has 10 heteroatoms. The summed E-state index contributed by atoms with van der Waals surface area (Å²) in [6.07, 6.45) is 1.74. The summed E-state index contributed by atoms with van der Waals surface area (Å²) in [5.41, 5.74) is 1.36. The zero-order valence-corrected chi connectivity index (χ0v) is 24.5. The van der Waals surface area contributed by atoms with E-state index in [4.69, 9.17) is 0 Å². The molecule has 0 bridgehead atoms. The molecule has 0 spiro atoms. The van der Waals surface area contributed by atoms with Gasteiger partial charge in [0, 0.05) is 30.1 Å². The monoisotopic (exact) mass is 581 g/mol. The van der Waals surface area contributed by atoms with Gasteiger partial charge in [-0.1, -0.05) is 67.6 Å². The fourth-order valence-electron chi connectivity index (χ4n) is 4.30. The van der Waals surface area contributed by atoms with E-state index >= 15 is 0 Å². The molecule has 0 aliphatic carbocycles. The van der Waals surface area contributed by atoms with Crippen LogP contribution >= 0.6 is 0 Å². The number of anilines is 1. The Kier molecular flexibility index (Phi) is 10.8. The highest BCUT2D eigenvalue weighted by Crippen LogP contribution is 2.22. The van der Waals surface area contributed by atoms with Gasteiger partial charge in [-0.25, -0.2) is 12.8 Å². The molecule has 8 nitrogen and oxygen atoms in total. The molecule has 2 atom stereocenters. The van der Waals surface area contributed by atoms with Crippen LogP contribution in [-0.4, -0.2) is 55.8 Å². The van der Waals surface area contributed by atoms with Gasteiger partial charge in [0.25, 0.3) is 0 Å². The lowest BCUT2D eigenvalue weighted by Gasteiger charge is -2.34. The average Bonchev–Trinajstić information content (AvgIpc) is 2.94. The molecule has 0 aromatic heterocycles. The normalized spacial score (nSPS) is 12.7. The number of nitrogens with one attached hydrogen (secondary N) is 1. The van der Waals surface area contributed by atoms with Crippen molar-refractivity contribution in [2.45, 2.75) is 52.2 Å². The number of Topliss-reactive ketones (excluding diaryl/α,β-unsaturated/α-hetero) is 1. The zero-order chi connectivity index (χ0) is 30.2. The lowest BCUT2D eigenvalue weighted by atomic mass is 10.0. The number of hydrogen-bond donors (Lipinski definition) is 1. The molecule has 0 radical (unpaired) electrons. The maximum atomic E-state index is 14.8. The minimum absolute atomic E-state index is 0.127.